The smallest absolute Gasteiger partial charge is 0.123 e. The van der Waals surface area contributed by atoms with Crippen molar-refractivity contribution in [2.45, 2.75) is 44.8 Å². The second kappa shape index (κ2) is 6.35. The third-order valence-electron chi connectivity index (χ3n) is 3.82. The lowest BCUT2D eigenvalue weighted by Crippen LogP contribution is -2.41. The summed E-state index contributed by atoms with van der Waals surface area (Å²) in [5, 5.41) is 18.9. The normalized spacial score (nSPS) is 17.1. The molecule has 0 aromatic heterocycles. The summed E-state index contributed by atoms with van der Waals surface area (Å²) in [6.45, 7) is 2.55. The Balaban J connectivity index is 2.28. The topological polar surface area (TPSA) is 43.7 Å². The summed E-state index contributed by atoms with van der Waals surface area (Å²) in [6, 6.07) is 5.04. The van der Waals surface area contributed by atoms with Gasteiger partial charge in [-0.15, -0.1) is 0 Å². The molecule has 1 aromatic carbocycles. The van der Waals surface area contributed by atoms with Gasteiger partial charge in [0.2, 0.25) is 0 Å². The number of aliphatic hydroxyl groups excluding tert-OH is 2. The highest BCUT2D eigenvalue weighted by molar-refractivity contribution is 5.56. The molecule has 0 radical (unpaired) electrons. The van der Waals surface area contributed by atoms with Crippen molar-refractivity contribution in [3.63, 3.8) is 0 Å². The number of halogens is 1. The molecule has 1 fully saturated rings. The highest BCUT2D eigenvalue weighted by Crippen LogP contribution is 2.34. The summed E-state index contributed by atoms with van der Waals surface area (Å²) in [4.78, 5) is 2.21. The van der Waals surface area contributed by atoms with Crippen molar-refractivity contribution < 1.29 is 14.6 Å². The maximum Gasteiger partial charge on any atom is 0.123 e. The SMILES string of the molecule is CC(O)c1cc(F)ccc1N(CCCO)C1CCC1. The number of hydrogen-bond acceptors (Lipinski definition) is 3. The summed E-state index contributed by atoms with van der Waals surface area (Å²) in [7, 11) is 0. The molecule has 1 aliphatic carbocycles. The fraction of sp³-hybridized carbons (Fsp3) is 0.600. The number of nitrogens with zero attached hydrogens (tertiary/aromatic N) is 1. The lowest BCUT2D eigenvalue weighted by atomic mass is 9.90. The first-order chi connectivity index (χ1) is 9.13. The lowest BCUT2D eigenvalue weighted by Gasteiger charge is -2.40. The molecule has 106 valence electrons. The molecule has 0 aliphatic heterocycles. The van der Waals surface area contributed by atoms with Crippen LogP contribution in [0.3, 0.4) is 0 Å². The van der Waals surface area contributed by atoms with Gasteiger partial charge in [-0.05, 0) is 50.8 Å². The molecule has 0 amide bonds. The summed E-state index contributed by atoms with van der Waals surface area (Å²) >= 11 is 0. The quantitative estimate of drug-likeness (QED) is 0.832. The standard InChI is InChI=1S/C15H22FNO2/c1-11(19)14-10-12(16)6-7-15(14)17(8-3-9-18)13-4-2-5-13/h6-7,10-11,13,18-19H,2-5,8-9H2,1H3. The zero-order valence-corrected chi connectivity index (χ0v) is 11.3. The van der Waals surface area contributed by atoms with Crippen molar-refractivity contribution in [2.75, 3.05) is 18.1 Å². The maximum absolute atomic E-state index is 13.4. The van der Waals surface area contributed by atoms with Crippen molar-refractivity contribution in [1.82, 2.24) is 0 Å². The monoisotopic (exact) mass is 267 g/mol. The minimum absolute atomic E-state index is 0.147. The maximum atomic E-state index is 13.4. The van der Waals surface area contributed by atoms with E-state index in [1.54, 1.807) is 13.0 Å². The van der Waals surface area contributed by atoms with Gasteiger partial charge in [0.15, 0.2) is 0 Å². The highest BCUT2D eigenvalue weighted by Gasteiger charge is 2.27. The Labute approximate surface area is 113 Å². The van der Waals surface area contributed by atoms with E-state index in [1.807, 2.05) is 0 Å². The van der Waals surface area contributed by atoms with Crippen molar-refractivity contribution in [3.05, 3.63) is 29.6 Å². The minimum atomic E-state index is -0.692. The molecule has 2 rings (SSSR count). The average molecular weight is 267 g/mol. The molecule has 1 aliphatic rings. The van der Waals surface area contributed by atoms with Crippen LogP contribution in [0.15, 0.2) is 18.2 Å². The van der Waals surface area contributed by atoms with Gasteiger partial charge in [0.25, 0.3) is 0 Å². The Morgan fingerprint density at radius 3 is 2.68 bits per heavy atom. The molecule has 1 unspecified atom stereocenters. The van der Waals surface area contributed by atoms with Crippen LogP contribution >= 0.6 is 0 Å². The van der Waals surface area contributed by atoms with E-state index in [2.05, 4.69) is 4.90 Å². The van der Waals surface area contributed by atoms with E-state index in [0.717, 1.165) is 25.1 Å². The van der Waals surface area contributed by atoms with Crippen molar-refractivity contribution in [2.24, 2.45) is 0 Å². The predicted octanol–water partition coefficient (Wildman–Crippen LogP) is 2.62. The Morgan fingerprint density at radius 2 is 2.16 bits per heavy atom. The third kappa shape index (κ3) is 3.25. The number of benzene rings is 1. The van der Waals surface area contributed by atoms with E-state index >= 15 is 0 Å². The van der Waals surface area contributed by atoms with Crippen LogP contribution in [0.4, 0.5) is 10.1 Å². The molecule has 1 aromatic rings. The Kier molecular flexibility index (Phi) is 4.77. The molecule has 0 saturated heterocycles. The van der Waals surface area contributed by atoms with E-state index in [0.29, 0.717) is 18.0 Å². The summed E-state index contributed by atoms with van der Waals surface area (Å²) in [5.41, 5.74) is 1.53. The van der Waals surface area contributed by atoms with Crippen LogP contribution in [0.25, 0.3) is 0 Å². The molecule has 1 atom stereocenters. The van der Waals surface area contributed by atoms with Gasteiger partial charge in [-0.3, -0.25) is 0 Å². The Hall–Kier alpha value is -1.13. The second-order valence-electron chi connectivity index (χ2n) is 5.23. The van der Waals surface area contributed by atoms with E-state index in [-0.39, 0.29) is 12.4 Å². The fourth-order valence-corrected chi connectivity index (χ4v) is 2.56. The van der Waals surface area contributed by atoms with Crippen LogP contribution in [-0.2, 0) is 0 Å². The molecular weight excluding hydrogens is 245 g/mol. The first-order valence-electron chi connectivity index (χ1n) is 6.98. The van der Waals surface area contributed by atoms with Crippen LogP contribution in [0.1, 0.15) is 44.3 Å². The van der Waals surface area contributed by atoms with Crippen LogP contribution < -0.4 is 4.90 Å². The molecule has 3 nitrogen and oxygen atoms in total. The first kappa shape index (κ1) is 14.3. The van der Waals surface area contributed by atoms with Crippen LogP contribution in [0.2, 0.25) is 0 Å². The molecule has 0 heterocycles. The van der Waals surface area contributed by atoms with Gasteiger partial charge in [0, 0.05) is 30.4 Å². The van der Waals surface area contributed by atoms with Gasteiger partial charge < -0.3 is 15.1 Å². The molecule has 4 heteroatoms. The Bertz CT molecular complexity index is 419. The Morgan fingerprint density at radius 1 is 1.42 bits per heavy atom. The van der Waals surface area contributed by atoms with Crippen molar-refractivity contribution >= 4 is 5.69 Å². The molecular formula is C15H22FNO2. The van der Waals surface area contributed by atoms with E-state index < -0.39 is 6.10 Å². The number of aliphatic hydroxyl groups is 2. The first-order valence-corrected chi connectivity index (χ1v) is 6.98. The molecule has 1 saturated carbocycles. The molecule has 19 heavy (non-hydrogen) atoms. The van der Waals surface area contributed by atoms with E-state index in [1.165, 1.54) is 18.6 Å². The molecule has 0 spiro atoms. The summed E-state index contributed by atoms with van der Waals surface area (Å²) in [5.74, 6) is -0.324. The molecule has 0 bridgehead atoms. The van der Waals surface area contributed by atoms with E-state index in [9.17, 15) is 9.50 Å². The predicted molar refractivity (Wildman–Crippen MR) is 73.7 cm³/mol. The number of hydrogen-bond donors (Lipinski definition) is 2. The average Bonchev–Trinajstić information content (AvgIpc) is 2.32. The summed E-state index contributed by atoms with van der Waals surface area (Å²) in [6.07, 6.45) is 3.46. The minimum Gasteiger partial charge on any atom is -0.396 e. The van der Waals surface area contributed by atoms with Gasteiger partial charge in [0.1, 0.15) is 5.82 Å². The highest BCUT2D eigenvalue weighted by atomic mass is 19.1. The van der Waals surface area contributed by atoms with Gasteiger partial charge >= 0.3 is 0 Å². The van der Waals surface area contributed by atoms with Gasteiger partial charge in [0.05, 0.1) is 6.10 Å². The second-order valence-corrected chi connectivity index (χ2v) is 5.23. The van der Waals surface area contributed by atoms with Gasteiger partial charge in [-0.2, -0.15) is 0 Å². The summed E-state index contributed by atoms with van der Waals surface area (Å²) < 4.78 is 13.4. The van der Waals surface area contributed by atoms with E-state index in [4.69, 9.17) is 5.11 Å². The zero-order valence-electron chi connectivity index (χ0n) is 11.3. The van der Waals surface area contributed by atoms with Gasteiger partial charge in [-0.1, -0.05) is 0 Å². The number of anilines is 1. The molecule has 2 N–H and O–H groups in total. The van der Waals surface area contributed by atoms with Crippen molar-refractivity contribution in [3.8, 4) is 0 Å². The third-order valence-corrected chi connectivity index (χ3v) is 3.82. The van der Waals surface area contributed by atoms with Crippen LogP contribution in [0, 0.1) is 5.82 Å². The van der Waals surface area contributed by atoms with Crippen LogP contribution in [0.5, 0.6) is 0 Å². The lowest BCUT2D eigenvalue weighted by molar-refractivity contribution is 0.198. The van der Waals surface area contributed by atoms with Crippen LogP contribution in [-0.4, -0.2) is 29.4 Å². The van der Waals surface area contributed by atoms with Crippen molar-refractivity contribution in [1.29, 1.82) is 0 Å². The van der Waals surface area contributed by atoms with Gasteiger partial charge in [-0.25, -0.2) is 4.39 Å². The largest absolute Gasteiger partial charge is 0.396 e. The fourth-order valence-electron chi connectivity index (χ4n) is 2.56. The number of rotatable bonds is 6. The zero-order chi connectivity index (χ0) is 13.8.